The number of hydrogen-bond acceptors (Lipinski definition) is 4. The Bertz CT molecular complexity index is 382. The number of ketones is 2. The van der Waals surface area contributed by atoms with E-state index in [0.717, 1.165) is 0 Å². The number of rotatable bonds is 6. The zero-order chi connectivity index (χ0) is 12.1. The maximum atomic E-state index is 11.4. The highest BCUT2D eigenvalue weighted by molar-refractivity contribution is 5.80. The van der Waals surface area contributed by atoms with Gasteiger partial charge in [0.1, 0.15) is 11.6 Å². The predicted octanol–water partition coefficient (Wildman–Crippen LogP) is 1.02. The molecule has 0 amide bonds. The molecular formula is C11H17N3O2. The minimum atomic E-state index is 0.0558. The van der Waals surface area contributed by atoms with E-state index < -0.39 is 0 Å². The molecule has 0 spiro atoms. The zero-order valence-electron chi connectivity index (χ0n) is 9.93. The molecule has 0 radical (unpaired) electrons. The number of aromatic nitrogens is 3. The summed E-state index contributed by atoms with van der Waals surface area (Å²) in [5.41, 5.74) is 0.657. The second-order valence-corrected chi connectivity index (χ2v) is 4.22. The molecule has 0 aliphatic rings. The van der Waals surface area contributed by atoms with E-state index in [4.69, 9.17) is 0 Å². The molecule has 0 N–H and O–H groups in total. The van der Waals surface area contributed by atoms with Gasteiger partial charge < -0.3 is 0 Å². The number of nitrogens with zero attached hydrogens (tertiary/aromatic N) is 3. The largest absolute Gasteiger partial charge is 0.300 e. The Morgan fingerprint density at radius 1 is 1.44 bits per heavy atom. The summed E-state index contributed by atoms with van der Waals surface area (Å²) in [4.78, 5) is 22.2. The molecule has 5 nitrogen and oxygen atoms in total. The van der Waals surface area contributed by atoms with E-state index in [2.05, 4.69) is 10.3 Å². The molecular weight excluding hydrogens is 206 g/mol. The van der Waals surface area contributed by atoms with E-state index in [9.17, 15) is 9.59 Å². The van der Waals surface area contributed by atoms with Crippen molar-refractivity contribution in [2.75, 3.05) is 0 Å². The van der Waals surface area contributed by atoms with Crippen LogP contribution >= 0.6 is 0 Å². The average molecular weight is 223 g/mol. The normalized spacial score (nSPS) is 10.8. The Labute approximate surface area is 94.8 Å². The van der Waals surface area contributed by atoms with Gasteiger partial charge in [0, 0.05) is 25.1 Å². The van der Waals surface area contributed by atoms with Gasteiger partial charge in [-0.05, 0) is 6.92 Å². The summed E-state index contributed by atoms with van der Waals surface area (Å²) >= 11 is 0. The maximum absolute atomic E-state index is 11.4. The van der Waals surface area contributed by atoms with Crippen molar-refractivity contribution in [2.24, 2.45) is 5.92 Å². The lowest BCUT2D eigenvalue weighted by atomic mass is 10.1. The van der Waals surface area contributed by atoms with Gasteiger partial charge in [0.2, 0.25) is 0 Å². The first-order valence-electron chi connectivity index (χ1n) is 5.40. The third-order valence-corrected chi connectivity index (χ3v) is 2.25. The van der Waals surface area contributed by atoms with Crippen molar-refractivity contribution in [3.8, 4) is 0 Å². The van der Waals surface area contributed by atoms with Crippen molar-refractivity contribution < 1.29 is 9.59 Å². The number of hydrogen-bond donors (Lipinski definition) is 0. The summed E-state index contributed by atoms with van der Waals surface area (Å²) < 4.78 is 1.61. The lowest BCUT2D eigenvalue weighted by molar-refractivity contribution is -0.122. The van der Waals surface area contributed by atoms with E-state index in [-0.39, 0.29) is 17.5 Å². The van der Waals surface area contributed by atoms with Gasteiger partial charge in [-0.2, -0.15) is 0 Å². The van der Waals surface area contributed by atoms with Crippen molar-refractivity contribution in [3.63, 3.8) is 0 Å². The lowest BCUT2D eigenvalue weighted by Gasteiger charge is -2.02. The molecule has 16 heavy (non-hydrogen) atoms. The van der Waals surface area contributed by atoms with Gasteiger partial charge in [-0.1, -0.05) is 19.1 Å². The molecule has 0 saturated heterocycles. The molecule has 1 aromatic heterocycles. The van der Waals surface area contributed by atoms with E-state index >= 15 is 0 Å². The van der Waals surface area contributed by atoms with Crippen LogP contribution in [0.4, 0.5) is 0 Å². The maximum Gasteiger partial charge on any atom is 0.137 e. The third-order valence-electron chi connectivity index (χ3n) is 2.25. The minimum Gasteiger partial charge on any atom is -0.300 e. The first-order valence-corrected chi connectivity index (χ1v) is 5.40. The van der Waals surface area contributed by atoms with Crippen molar-refractivity contribution >= 4 is 11.6 Å². The summed E-state index contributed by atoms with van der Waals surface area (Å²) in [6.45, 7) is 5.80. The summed E-state index contributed by atoms with van der Waals surface area (Å²) in [5.74, 6) is 0.328. The molecule has 88 valence electrons. The Morgan fingerprint density at radius 3 is 2.69 bits per heavy atom. The fourth-order valence-electron chi connectivity index (χ4n) is 1.30. The fraction of sp³-hybridized carbons (Fsp3) is 0.636. The molecule has 1 aromatic rings. The van der Waals surface area contributed by atoms with Crippen molar-refractivity contribution in [2.45, 2.75) is 40.2 Å². The van der Waals surface area contributed by atoms with Crippen molar-refractivity contribution in [3.05, 3.63) is 11.9 Å². The van der Waals surface area contributed by atoms with E-state index in [0.29, 0.717) is 25.1 Å². The first kappa shape index (κ1) is 12.5. The smallest absolute Gasteiger partial charge is 0.137 e. The van der Waals surface area contributed by atoms with Crippen LogP contribution in [0.3, 0.4) is 0 Å². The molecule has 0 atom stereocenters. The standard InChI is InChI=1S/C11H17N3O2/c1-8(2)11(16)4-5-14-7-10(12-13-14)6-9(3)15/h7-8H,4-6H2,1-3H3. The monoisotopic (exact) mass is 223 g/mol. The zero-order valence-corrected chi connectivity index (χ0v) is 9.93. The Balaban J connectivity index is 2.46. The number of carbonyl (C=O) groups excluding carboxylic acids is 2. The molecule has 1 heterocycles. The number of Topliss-reactive ketones (excluding diaryl/α,β-unsaturated/α-hetero) is 2. The van der Waals surface area contributed by atoms with Gasteiger partial charge in [0.15, 0.2) is 0 Å². The Kier molecular flexibility index (Phi) is 4.34. The van der Waals surface area contributed by atoms with Crippen molar-refractivity contribution in [1.82, 2.24) is 15.0 Å². The molecule has 0 saturated carbocycles. The Hall–Kier alpha value is -1.52. The van der Waals surface area contributed by atoms with Gasteiger partial charge in [-0.15, -0.1) is 5.10 Å². The Morgan fingerprint density at radius 2 is 2.12 bits per heavy atom. The molecule has 0 unspecified atom stereocenters. The second-order valence-electron chi connectivity index (χ2n) is 4.22. The fourth-order valence-corrected chi connectivity index (χ4v) is 1.30. The van der Waals surface area contributed by atoms with Crippen molar-refractivity contribution in [1.29, 1.82) is 0 Å². The summed E-state index contributed by atoms with van der Waals surface area (Å²) in [6, 6.07) is 0. The van der Waals surface area contributed by atoms with E-state index in [1.807, 2.05) is 13.8 Å². The highest BCUT2D eigenvalue weighted by atomic mass is 16.1. The van der Waals surface area contributed by atoms with Crippen LogP contribution in [0.25, 0.3) is 0 Å². The van der Waals surface area contributed by atoms with Crippen LogP contribution < -0.4 is 0 Å². The van der Waals surface area contributed by atoms with Gasteiger partial charge in [0.25, 0.3) is 0 Å². The average Bonchev–Trinajstić information content (AvgIpc) is 2.60. The van der Waals surface area contributed by atoms with Gasteiger partial charge >= 0.3 is 0 Å². The molecule has 0 aliphatic carbocycles. The van der Waals surface area contributed by atoms with E-state index in [1.54, 1.807) is 10.9 Å². The quantitative estimate of drug-likeness (QED) is 0.722. The van der Waals surface area contributed by atoms with E-state index in [1.165, 1.54) is 6.92 Å². The molecule has 0 bridgehead atoms. The van der Waals surface area contributed by atoms with Gasteiger partial charge in [0.05, 0.1) is 12.1 Å². The molecule has 1 rings (SSSR count). The number of aryl methyl sites for hydroxylation is 1. The lowest BCUT2D eigenvalue weighted by Crippen LogP contribution is -2.11. The molecule has 5 heteroatoms. The third kappa shape index (κ3) is 3.92. The SMILES string of the molecule is CC(=O)Cc1cn(CCC(=O)C(C)C)nn1. The van der Waals surface area contributed by atoms with Crippen LogP contribution in [0.5, 0.6) is 0 Å². The summed E-state index contributed by atoms with van der Waals surface area (Å²) in [5, 5.41) is 7.72. The van der Waals surface area contributed by atoms with Gasteiger partial charge in [-0.25, -0.2) is 0 Å². The highest BCUT2D eigenvalue weighted by Gasteiger charge is 2.08. The molecule has 0 fully saturated rings. The van der Waals surface area contributed by atoms with Crippen LogP contribution in [0.2, 0.25) is 0 Å². The first-order chi connectivity index (χ1) is 7.49. The molecule has 0 aromatic carbocycles. The van der Waals surface area contributed by atoms with Crippen LogP contribution in [0, 0.1) is 5.92 Å². The predicted molar refractivity (Wildman–Crippen MR) is 58.9 cm³/mol. The number of carbonyl (C=O) groups is 2. The summed E-state index contributed by atoms with van der Waals surface area (Å²) in [6.07, 6.45) is 2.48. The van der Waals surface area contributed by atoms with Crippen LogP contribution in [-0.4, -0.2) is 26.6 Å². The van der Waals surface area contributed by atoms with Crippen LogP contribution in [0.1, 0.15) is 32.9 Å². The second kappa shape index (κ2) is 5.53. The van der Waals surface area contributed by atoms with Crippen LogP contribution in [-0.2, 0) is 22.6 Å². The highest BCUT2D eigenvalue weighted by Crippen LogP contribution is 2.02. The van der Waals surface area contributed by atoms with Gasteiger partial charge in [-0.3, -0.25) is 14.3 Å². The van der Waals surface area contributed by atoms with Crippen LogP contribution in [0.15, 0.2) is 6.20 Å². The molecule has 0 aliphatic heterocycles. The topological polar surface area (TPSA) is 64.8 Å². The summed E-state index contributed by atoms with van der Waals surface area (Å²) in [7, 11) is 0. The minimum absolute atomic E-state index is 0.0558.